The van der Waals surface area contributed by atoms with Crippen LogP contribution in [0.3, 0.4) is 0 Å². The number of fused-ring (bicyclic) bond motifs is 1. The topological polar surface area (TPSA) is 98.7 Å². The molecule has 0 saturated carbocycles. The fraction of sp³-hybridized carbons (Fsp3) is 0.441. The summed E-state index contributed by atoms with van der Waals surface area (Å²) in [6.07, 6.45) is 3.77. The molecule has 1 aliphatic rings. The molecule has 4 rings (SSSR count). The molecule has 1 unspecified atom stereocenters. The number of benzene rings is 3. The number of unbranched alkanes of at least 4 members (excludes halogenated alkanes) is 2. The Kier molecular flexibility index (Phi) is 10.8. The van der Waals surface area contributed by atoms with E-state index in [-0.39, 0.29) is 10.6 Å². The number of sulfone groups is 1. The number of halogens is 1. The fourth-order valence-electron chi connectivity index (χ4n) is 6.23. The molecule has 0 fully saturated rings. The predicted octanol–water partition coefficient (Wildman–Crippen LogP) is 7.78. The maximum absolute atomic E-state index is 14.1. The Bertz CT molecular complexity index is 1520. The Morgan fingerprint density at radius 1 is 0.953 bits per heavy atom. The molecule has 0 aromatic heterocycles. The van der Waals surface area contributed by atoms with E-state index in [0.717, 1.165) is 42.5 Å². The number of aliphatic hydroxyl groups is 1. The predicted molar refractivity (Wildman–Crippen MR) is 177 cm³/mol. The van der Waals surface area contributed by atoms with Gasteiger partial charge in [0.25, 0.3) is 0 Å². The van der Waals surface area contributed by atoms with E-state index in [1.54, 1.807) is 18.2 Å². The summed E-state index contributed by atoms with van der Waals surface area (Å²) in [6, 6.07) is 19.7. The number of nitrogens with zero attached hydrogens (tertiary/aromatic N) is 1. The van der Waals surface area contributed by atoms with Crippen LogP contribution in [0.1, 0.15) is 75.0 Å². The summed E-state index contributed by atoms with van der Waals surface area (Å²) in [5, 5.41) is 18.2. The number of hydrogen-bond donors (Lipinski definition) is 3. The van der Waals surface area contributed by atoms with Crippen LogP contribution in [0.25, 0.3) is 0 Å². The minimum absolute atomic E-state index is 0.0896. The number of alkyl halides is 1. The van der Waals surface area contributed by atoms with Gasteiger partial charge in [0, 0.05) is 48.4 Å². The molecule has 3 N–H and O–H groups in total. The highest BCUT2D eigenvalue weighted by Gasteiger charge is 2.49. The lowest BCUT2D eigenvalue weighted by Gasteiger charge is -2.40. The van der Waals surface area contributed by atoms with Crippen molar-refractivity contribution in [1.82, 2.24) is 0 Å². The SMILES string of the molecule is CCCCC1(CCCC)CS(=O)(=O)c2ccc(N(C)C)cc2[C@@H](c2cccc(NC(=O)Nc3cccc(CCl)c3)c2)C1O. The lowest BCUT2D eigenvalue weighted by atomic mass is 9.68. The highest BCUT2D eigenvalue weighted by molar-refractivity contribution is 7.91. The van der Waals surface area contributed by atoms with E-state index in [1.807, 2.05) is 67.5 Å². The molecular weight excluding hydrogens is 582 g/mol. The van der Waals surface area contributed by atoms with Crippen LogP contribution in [0.4, 0.5) is 21.9 Å². The van der Waals surface area contributed by atoms with Gasteiger partial charge in [-0.2, -0.15) is 0 Å². The molecule has 0 bridgehead atoms. The number of carbonyl (C=O) groups is 1. The van der Waals surface area contributed by atoms with Gasteiger partial charge in [-0.25, -0.2) is 13.2 Å². The van der Waals surface area contributed by atoms with E-state index < -0.39 is 33.3 Å². The number of urea groups is 1. The average molecular weight is 626 g/mol. The third kappa shape index (κ3) is 7.54. The number of rotatable bonds is 11. The highest BCUT2D eigenvalue weighted by atomic mass is 35.5. The van der Waals surface area contributed by atoms with Crippen molar-refractivity contribution in [2.75, 3.05) is 35.4 Å². The first kappa shape index (κ1) is 32.8. The second-order valence-corrected chi connectivity index (χ2v) is 14.1. The largest absolute Gasteiger partial charge is 0.392 e. The normalized spacial score (nSPS) is 18.7. The highest BCUT2D eigenvalue weighted by Crippen LogP contribution is 2.50. The van der Waals surface area contributed by atoms with Crippen molar-refractivity contribution in [3.8, 4) is 0 Å². The lowest BCUT2D eigenvalue weighted by molar-refractivity contribution is 0.0127. The maximum atomic E-state index is 14.1. The van der Waals surface area contributed by atoms with Crippen LogP contribution < -0.4 is 15.5 Å². The molecule has 7 nitrogen and oxygen atoms in total. The zero-order chi connectivity index (χ0) is 31.2. The van der Waals surface area contributed by atoms with Crippen molar-refractivity contribution in [3.63, 3.8) is 0 Å². The second kappa shape index (κ2) is 14.1. The first-order valence-corrected chi connectivity index (χ1v) is 17.3. The number of carbonyl (C=O) groups excluding carboxylic acids is 1. The van der Waals surface area contributed by atoms with Crippen LogP contribution >= 0.6 is 11.6 Å². The Balaban J connectivity index is 1.80. The fourth-order valence-corrected chi connectivity index (χ4v) is 8.58. The molecule has 0 spiro atoms. The number of nitrogens with one attached hydrogen (secondary N) is 2. The van der Waals surface area contributed by atoms with Gasteiger partial charge in [-0.3, -0.25) is 0 Å². The monoisotopic (exact) mass is 625 g/mol. The molecule has 3 aromatic carbocycles. The van der Waals surface area contributed by atoms with Crippen LogP contribution in [0.15, 0.2) is 71.6 Å². The van der Waals surface area contributed by atoms with Gasteiger partial charge in [0.2, 0.25) is 0 Å². The summed E-state index contributed by atoms with van der Waals surface area (Å²) < 4.78 is 28.1. The van der Waals surface area contributed by atoms with Gasteiger partial charge < -0.3 is 20.6 Å². The number of amides is 2. The van der Waals surface area contributed by atoms with Crippen molar-refractivity contribution < 1.29 is 18.3 Å². The Morgan fingerprint density at radius 3 is 2.19 bits per heavy atom. The van der Waals surface area contributed by atoms with Crippen LogP contribution in [-0.4, -0.2) is 45.5 Å². The van der Waals surface area contributed by atoms with E-state index in [0.29, 0.717) is 35.7 Å². The molecule has 43 heavy (non-hydrogen) atoms. The van der Waals surface area contributed by atoms with Crippen LogP contribution in [0, 0.1) is 5.41 Å². The summed E-state index contributed by atoms with van der Waals surface area (Å²) >= 11 is 5.95. The van der Waals surface area contributed by atoms with Crippen molar-refractivity contribution in [2.45, 2.75) is 75.2 Å². The summed E-state index contributed by atoms with van der Waals surface area (Å²) in [6.45, 7) is 4.18. The third-order valence-electron chi connectivity index (χ3n) is 8.50. The summed E-state index contributed by atoms with van der Waals surface area (Å²) in [5.41, 5.74) is 3.45. The van der Waals surface area contributed by atoms with Crippen molar-refractivity contribution in [3.05, 3.63) is 83.4 Å². The molecule has 2 atom stereocenters. The standard InChI is InChI=1S/C34H44ClN3O4S/c1-5-7-17-34(18-8-6-2)23-43(41,42)30-16-15-28(38(3)4)21-29(30)31(32(34)39)25-12-10-14-27(20-25)37-33(40)36-26-13-9-11-24(19-26)22-35/h9-16,19-21,31-32,39H,5-8,17-18,22-23H2,1-4H3,(H2,36,37,40)/t31-,32?/m1/s1. The molecule has 0 radical (unpaired) electrons. The maximum Gasteiger partial charge on any atom is 0.323 e. The van der Waals surface area contributed by atoms with Gasteiger partial charge in [0.15, 0.2) is 9.84 Å². The smallest absolute Gasteiger partial charge is 0.323 e. The third-order valence-corrected chi connectivity index (χ3v) is 10.8. The quantitative estimate of drug-likeness (QED) is 0.189. The lowest BCUT2D eigenvalue weighted by Crippen LogP contribution is -2.43. The van der Waals surface area contributed by atoms with Gasteiger partial charge in [-0.05, 0) is 72.0 Å². The van der Waals surface area contributed by atoms with Gasteiger partial charge in [-0.1, -0.05) is 63.8 Å². The molecular formula is C34H44ClN3O4S. The molecule has 3 aromatic rings. The number of aliphatic hydroxyl groups excluding tert-OH is 1. The molecule has 1 heterocycles. The minimum Gasteiger partial charge on any atom is -0.392 e. The van der Waals surface area contributed by atoms with E-state index in [9.17, 15) is 18.3 Å². The molecule has 232 valence electrons. The Morgan fingerprint density at radius 2 is 1.58 bits per heavy atom. The van der Waals surface area contributed by atoms with Gasteiger partial charge >= 0.3 is 6.03 Å². The van der Waals surface area contributed by atoms with Crippen LogP contribution in [0.5, 0.6) is 0 Å². The Hall–Kier alpha value is -3.07. The van der Waals surface area contributed by atoms with Gasteiger partial charge in [0.05, 0.1) is 16.8 Å². The van der Waals surface area contributed by atoms with Gasteiger partial charge in [0.1, 0.15) is 0 Å². The van der Waals surface area contributed by atoms with Crippen molar-refractivity contribution in [1.29, 1.82) is 0 Å². The van der Waals surface area contributed by atoms with Crippen molar-refractivity contribution >= 4 is 44.5 Å². The second-order valence-electron chi connectivity index (χ2n) is 11.9. The van der Waals surface area contributed by atoms with Gasteiger partial charge in [-0.15, -0.1) is 11.6 Å². The van der Waals surface area contributed by atoms with E-state index in [1.165, 1.54) is 0 Å². The molecule has 1 aliphatic heterocycles. The van der Waals surface area contributed by atoms with Crippen LogP contribution in [-0.2, 0) is 15.7 Å². The van der Waals surface area contributed by atoms with Crippen LogP contribution in [0.2, 0.25) is 0 Å². The summed E-state index contributed by atoms with van der Waals surface area (Å²) in [4.78, 5) is 15.1. The molecule has 0 aliphatic carbocycles. The first-order valence-electron chi connectivity index (χ1n) is 15.1. The van der Waals surface area contributed by atoms with Crippen molar-refractivity contribution in [2.24, 2.45) is 5.41 Å². The Labute approximate surface area is 261 Å². The first-order chi connectivity index (χ1) is 20.5. The number of anilines is 3. The number of hydrogen-bond acceptors (Lipinski definition) is 5. The summed E-state index contributed by atoms with van der Waals surface area (Å²) in [5.74, 6) is -0.354. The molecule has 9 heteroatoms. The zero-order valence-corrected chi connectivity index (χ0v) is 27.1. The molecule has 2 amide bonds. The van der Waals surface area contributed by atoms with E-state index in [2.05, 4.69) is 24.5 Å². The zero-order valence-electron chi connectivity index (χ0n) is 25.6. The average Bonchev–Trinajstić information content (AvgIpc) is 3.05. The minimum atomic E-state index is -3.70. The summed E-state index contributed by atoms with van der Waals surface area (Å²) in [7, 11) is 0.127. The van der Waals surface area contributed by atoms with E-state index in [4.69, 9.17) is 11.6 Å². The van der Waals surface area contributed by atoms with E-state index >= 15 is 0 Å². The molecule has 0 saturated heterocycles.